The molecule has 0 amide bonds. The topological polar surface area (TPSA) is 196 Å². The minimum absolute atomic E-state index is 0.172. The van der Waals surface area contributed by atoms with Crippen molar-refractivity contribution in [3.8, 4) is 33.9 Å². The first kappa shape index (κ1) is 37.2. The lowest BCUT2D eigenvalue weighted by Crippen LogP contribution is -2.30. The number of carbonyl (C=O) groups is 2. The number of rotatable bonds is 3. The number of nitrogens with zero attached hydrogens (tertiary/aromatic N) is 6. The van der Waals surface area contributed by atoms with E-state index in [-0.39, 0.29) is 11.5 Å². The van der Waals surface area contributed by atoms with Crippen LogP contribution >= 0.6 is 0 Å². The number of aromatic amines is 1. The molecule has 48 heavy (non-hydrogen) atoms. The Kier molecular flexibility index (Phi) is 10.1. The molecule has 0 atom stereocenters. The zero-order chi connectivity index (χ0) is 36.6. The monoisotopic (exact) mass is 718 g/mol. The van der Waals surface area contributed by atoms with Gasteiger partial charge in [0.25, 0.3) is 0 Å². The fourth-order valence-electron chi connectivity index (χ4n) is 3.76. The Balaban J connectivity index is 0.000000376. The third-order valence-electron chi connectivity index (χ3n) is 5.86. The first-order valence-corrected chi connectivity index (χ1v) is 13.8. The highest BCUT2D eigenvalue weighted by Gasteiger charge is 2.42. The van der Waals surface area contributed by atoms with Gasteiger partial charge < -0.3 is 20.5 Å². The van der Waals surface area contributed by atoms with E-state index in [2.05, 4.69) is 30.4 Å². The maximum atomic E-state index is 14.0. The van der Waals surface area contributed by atoms with E-state index in [0.717, 1.165) is 4.31 Å². The number of carboxylic acids is 2. The number of halogens is 9. The fraction of sp³-hybridized carbons (Fsp3) is 0.250. The van der Waals surface area contributed by atoms with E-state index in [1.54, 1.807) is 36.8 Å². The van der Waals surface area contributed by atoms with Gasteiger partial charge in [0.1, 0.15) is 17.3 Å². The molecule has 14 nitrogen and oxygen atoms in total. The smallest absolute Gasteiger partial charge is 0.475 e. The van der Waals surface area contributed by atoms with Crippen molar-refractivity contribution in [2.75, 3.05) is 19.4 Å². The van der Waals surface area contributed by atoms with Crippen molar-refractivity contribution in [3.05, 3.63) is 48.2 Å². The van der Waals surface area contributed by atoms with Gasteiger partial charge in [0, 0.05) is 37.6 Å². The first-order valence-electron chi connectivity index (χ1n) is 12.4. The van der Waals surface area contributed by atoms with Crippen molar-refractivity contribution in [1.29, 1.82) is 0 Å². The van der Waals surface area contributed by atoms with Gasteiger partial charge in [-0.1, -0.05) is 0 Å². The van der Waals surface area contributed by atoms with Crippen LogP contribution in [0.5, 0.6) is 0 Å². The molecule has 1 aliphatic heterocycles. The number of aromatic nitrogens is 6. The minimum atomic E-state index is -5.08. The number of alkyl halides is 9. The second-order valence-electron chi connectivity index (χ2n) is 9.30. The van der Waals surface area contributed by atoms with Gasteiger partial charge in [0.2, 0.25) is 0 Å². The van der Waals surface area contributed by atoms with Gasteiger partial charge in [-0.25, -0.2) is 19.6 Å². The van der Waals surface area contributed by atoms with Crippen molar-refractivity contribution in [3.63, 3.8) is 0 Å². The number of anilines is 2. The number of imidazole rings is 1. The Labute approximate surface area is 262 Å². The molecule has 4 N–H and O–H groups in total. The SMILES string of the molecule is Cc1c(-c2nc3c([nH]2)-c2ccncc2Nc2ncccc2-3)c(C(F)(F)F)nn1S(=O)(=O)N(C)C.O=C(O)C(F)(F)F.O=C(O)C(F)(F)F. The number of hydrogen-bond donors (Lipinski definition) is 4. The Morgan fingerprint density at radius 3 is 1.98 bits per heavy atom. The summed E-state index contributed by atoms with van der Waals surface area (Å²) >= 11 is 0. The number of hydrogen-bond acceptors (Lipinski definition) is 9. The summed E-state index contributed by atoms with van der Waals surface area (Å²) < 4.78 is 132. The van der Waals surface area contributed by atoms with Crippen molar-refractivity contribution >= 4 is 33.7 Å². The minimum Gasteiger partial charge on any atom is -0.475 e. The zero-order valence-electron chi connectivity index (χ0n) is 24.0. The zero-order valence-corrected chi connectivity index (χ0v) is 24.8. The molecule has 5 rings (SSSR count). The highest BCUT2D eigenvalue weighted by molar-refractivity contribution is 7.87. The van der Waals surface area contributed by atoms with E-state index in [1.807, 2.05) is 0 Å². The summed E-state index contributed by atoms with van der Waals surface area (Å²) in [6.07, 6.45) is -10.4. The van der Waals surface area contributed by atoms with Gasteiger partial charge in [-0.3, -0.25) is 4.98 Å². The Morgan fingerprint density at radius 1 is 0.917 bits per heavy atom. The van der Waals surface area contributed by atoms with Crippen LogP contribution in [0.25, 0.3) is 33.9 Å². The number of nitrogens with one attached hydrogen (secondary N) is 2. The largest absolute Gasteiger partial charge is 0.490 e. The first-order chi connectivity index (χ1) is 21.9. The highest BCUT2D eigenvalue weighted by atomic mass is 32.2. The number of carboxylic acid groups (broad SMARTS) is 2. The molecule has 0 saturated carbocycles. The van der Waals surface area contributed by atoms with Gasteiger partial charge in [-0.15, -0.1) is 4.09 Å². The molecule has 1 aliphatic rings. The van der Waals surface area contributed by atoms with Crippen LogP contribution in [0, 0.1) is 6.92 Å². The van der Waals surface area contributed by atoms with Gasteiger partial charge in [0.05, 0.1) is 28.8 Å². The average molecular weight is 719 g/mol. The molecule has 0 radical (unpaired) electrons. The number of aliphatic carboxylic acids is 2. The average Bonchev–Trinajstić information content (AvgIpc) is 3.51. The van der Waals surface area contributed by atoms with Crippen LogP contribution in [0.15, 0.2) is 36.8 Å². The van der Waals surface area contributed by atoms with Gasteiger partial charge >= 0.3 is 40.7 Å². The Hall–Kier alpha value is -5.26. The van der Waals surface area contributed by atoms with Crippen LogP contribution in [-0.2, 0) is 26.0 Å². The van der Waals surface area contributed by atoms with E-state index in [0.29, 0.717) is 38.1 Å². The third-order valence-corrected chi connectivity index (χ3v) is 7.57. The molecule has 0 saturated heterocycles. The second-order valence-corrected chi connectivity index (χ2v) is 11.3. The lowest BCUT2D eigenvalue weighted by molar-refractivity contribution is -0.193. The van der Waals surface area contributed by atoms with Crippen LogP contribution in [0.3, 0.4) is 0 Å². The van der Waals surface area contributed by atoms with Crippen molar-refractivity contribution in [1.82, 2.24) is 33.4 Å². The third kappa shape index (κ3) is 7.81. The van der Waals surface area contributed by atoms with E-state index < -0.39 is 51.9 Å². The van der Waals surface area contributed by atoms with E-state index in [4.69, 9.17) is 19.8 Å². The molecular weight excluding hydrogens is 699 g/mol. The molecule has 4 aromatic heterocycles. The normalized spacial score (nSPS) is 12.6. The molecule has 0 aliphatic carbocycles. The maximum Gasteiger partial charge on any atom is 0.490 e. The van der Waals surface area contributed by atoms with Crippen LogP contribution in [-0.4, -0.2) is 90.4 Å². The summed E-state index contributed by atoms with van der Waals surface area (Å²) in [5.74, 6) is -5.23. The lowest BCUT2D eigenvalue weighted by Gasteiger charge is -2.12. The van der Waals surface area contributed by atoms with Crippen molar-refractivity contribution in [2.24, 2.45) is 0 Å². The van der Waals surface area contributed by atoms with E-state index in [9.17, 15) is 47.9 Å². The van der Waals surface area contributed by atoms with Crippen LogP contribution in [0.2, 0.25) is 0 Å². The van der Waals surface area contributed by atoms with E-state index >= 15 is 0 Å². The standard InChI is InChI=1S/C20H17F3N8O2S.2C2HF3O2/c1-10-14(17(20(21,22)23)29-31(10)34(32,33)30(2)3)19-27-15-11-6-8-24-9-13(11)26-18-12(16(15)28-19)5-4-7-25-18;2*3-2(4,5)1(6)7/h4-9H,1-3H3,(H,25,26)(H,27,28);2*(H,6,7). The summed E-state index contributed by atoms with van der Waals surface area (Å²) in [5.41, 5.74) is 0.476. The van der Waals surface area contributed by atoms with Gasteiger partial charge in [0.15, 0.2) is 5.69 Å². The highest BCUT2D eigenvalue weighted by Crippen LogP contribution is 2.45. The number of pyridine rings is 2. The number of fused-ring (bicyclic) bond motifs is 5. The summed E-state index contributed by atoms with van der Waals surface area (Å²) in [6, 6.07) is 5.10. The molecule has 0 fully saturated rings. The summed E-state index contributed by atoms with van der Waals surface area (Å²) in [6.45, 7) is 1.25. The predicted molar refractivity (Wildman–Crippen MR) is 145 cm³/mol. The van der Waals surface area contributed by atoms with Crippen LogP contribution in [0.1, 0.15) is 11.4 Å². The summed E-state index contributed by atoms with van der Waals surface area (Å²) in [7, 11) is -1.90. The quantitative estimate of drug-likeness (QED) is 0.189. The van der Waals surface area contributed by atoms with Crippen LogP contribution in [0.4, 0.5) is 51.0 Å². The fourth-order valence-corrected chi connectivity index (χ4v) is 4.69. The second kappa shape index (κ2) is 13.1. The molecule has 5 heterocycles. The molecule has 24 heteroatoms. The van der Waals surface area contributed by atoms with Crippen molar-refractivity contribution in [2.45, 2.75) is 25.5 Å². The molecule has 4 aromatic rings. The molecular formula is C24H19F9N8O6S. The maximum absolute atomic E-state index is 14.0. The number of H-pyrrole nitrogens is 1. The molecule has 260 valence electrons. The van der Waals surface area contributed by atoms with Crippen LogP contribution < -0.4 is 5.32 Å². The molecule has 0 spiro atoms. The lowest BCUT2D eigenvalue weighted by atomic mass is 10.1. The summed E-state index contributed by atoms with van der Waals surface area (Å²) in [5, 5.41) is 20.8. The van der Waals surface area contributed by atoms with Gasteiger partial charge in [-0.05, 0) is 25.1 Å². The van der Waals surface area contributed by atoms with E-state index in [1.165, 1.54) is 21.0 Å². The molecule has 0 unspecified atom stereocenters. The molecule has 0 aromatic carbocycles. The van der Waals surface area contributed by atoms with Crippen molar-refractivity contribution < 1.29 is 67.7 Å². The van der Waals surface area contributed by atoms with Gasteiger partial charge in [-0.2, -0.15) is 57.3 Å². The Morgan fingerprint density at radius 2 is 1.48 bits per heavy atom. The Bertz CT molecular complexity index is 1860. The summed E-state index contributed by atoms with van der Waals surface area (Å²) in [4.78, 5) is 33.7. The molecule has 0 bridgehead atoms. The predicted octanol–water partition coefficient (Wildman–Crippen LogP) is 4.70.